The first-order chi connectivity index (χ1) is 9.76. The van der Waals surface area contributed by atoms with Crippen molar-refractivity contribution in [1.29, 1.82) is 5.26 Å². The van der Waals surface area contributed by atoms with Crippen molar-refractivity contribution in [2.75, 3.05) is 0 Å². The highest BCUT2D eigenvalue weighted by atomic mass is 16.5. The van der Waals surface area contributed by atoms with Crippen LogP contribution in [0.2, 0.25) is 0 Å². The number of aliphatic hydroxyl groups is 1. The van der Waals surface area contributed by atoms with E-state index in [1.54, 1.807) is 0 Å². The molecule has 0 spiro atoms. The van der Waals surface area contributed by atoms with Crippen LogP contribution in [-0.4, -0.2) is 21.4 Å². The van der Waals surface area contributed by atoms with E-state index >= 15 is 0 Å². The van der Waals surface area contributed by atoms with E-state index in [-0.39, 0.29) is 18.7 Å². The minimum atomic E-state index is -0.802. The number of para-hydroxylation sites is 1. The summed E-state index contributed by atoms with van der Waals surface area (Å²) in [6, 6.07) is 11.3. The Balaban J connectivity index is 1.84. The third-order valence-corrected chi connectivity index (χ3v) is 2.85. The maximum Gasteiger partial charge on any atom is 0.238 e. The quantitative estimate of drug-likeness (QED) is 0.780. The molecule has 0 radical (unpaired) electrons. The molecule has 0 aliphatic heterocycles. The van der Waals surface area contributed by atoms with E-state index in [9.17, 15) is 5.11 Å². The van der Waals surface area contributed by atoms with E-state index in [1.807, 2.05) is 36.4 Å². The fourth-order valence-electron chi connectivity index (χ4n) is 1.91. The zero-order chi connectivity index (χ0) is 13.9. The second kappa shape index (κ2) is 5.15. The summed E-state index contributed by atoms with van der Waals surface area (Å²) in [5.74, 6) is 1.12. The van der Waals surface area contributed by atoms with Gasteiger partial charge >= 0.3 is 0 Å². The molecule has 3 aromatic rings. The zero-order valence-electron chi connectivity index (χ0n) is 10.5. The van der Waals surface area contributed by atoms with Crippen molar-refractivity contribution in [3.8, 4) is 17.7 Å². The number of furan rings is 1. The van der Waals surface area contributed by atoms with Gasteiger partial charge in [-0.25, -0.2) is 0 Å². The molecule has 1 unspecified atom stereocenters. The molecule has 3 rings (SSSR count). The smallest absolute Gasteiger partial charge is 0.238 e. The maximum atomic E-state index is 9.52. The van der Waals surface area contributed by atoms with Gasteiger partial charge in [-0.1, -0.05) is 23.4 Å². The van der Waals surface area contributed by atoms with Gasteiger partial charge in [0, 0.05) is 5.39 Å². The largest absolute Gasteiger partial charge is 0.453 e. The molecule has 1 aromatic carbocycles. The van der Waals surface area contributed by atoms with E-state index in [1.165, 1.54) is 0 Å². The number of fused-ring (bicyclic) bond motifs is 1. The van der Waals surface area contributed by atoms with Crippen LogP contribution in [-0.2, 0) is 6.42 Å². The van der Waals surface area contributed by atoms with Crippen LogP contribution in [0.1, 0.15) is 12.3 Å². The van der Waals surface area contributed by atoms with Gasteiger partial charge in [0.25, 0.3) is 0 Å². The molecule has 1 atom stereocenters. The minimum absolute atomic E-state index is 0.0301. The summed E-state index contributed by atoms with van der Waals surface area (Å²) in [6.07, 6.45) is -0.618. The second-order valence-electron chi connectivity index (χ2n) is 4.38. The summed E-state index contributed by atoms with van der Waals surface area (Å²) in [5.41, 5.74) is 0.748. The first-order valence-electron chi connectivity index (χ1n) is 6.13. The average molecular weight is 269 g/mol. The van der Waals surface area contributed by atoms with Gasteiger partial charge < -0.3 is 14.0 Å². The standard InChI is InChI=1S/C14H11N3O3/c15-6-5-10(18)8-13-16-14(17-20-13)12-7-9-3-1-2-4-11(9)19-12/h1-4,7,10,18H,5,8H2. The Kier molecular flexibility index (Phi) is 3.19. The second-order valence-corrected chi connectivity index (χ2v) is 4.38. The van der Waals surface area contributed by atoms with Crippen LogP contribution >= 0.6 is 0 Å². The molecule has 0 bridgehead atoms. The molecule has 6 heteroatoms. The fraction of sp³-hybridized carbons (Fsp3) is 0.214. The molecule has 0 aliphatic carbocycles. The molecule has 2 aromatic heterocycles. The molecule has 6 nitrogen and oxygen atoms in total. The first-order valence-corrected chi connectivity index (χ1v) is 6.13. The average Bonchev–Trinajstić information content (AvgIpc) is 3.04. The van der Waals surface area contributed by atoms with E-state index in [4.69, 9.17) is 14.2 Å². The van der Waals surface area contributed by atoms with Gasteiger partial charge in [-0.15, -0.1) is 0 Å². The summed E-state index contributed by atoms with van der Waals surface area (Å²) in [7, 11) is 0. The Morgan fingerprint density at radius 1 is 1.35 bits per heavy atom. The number of rotatable bonds is 4. The molecule has 2 heterocycles. The van der Waals surface area contributed by atoms with Crippen LogP contribution in [0.4, 0.5) is 0 Å². The molecule has 0 saturated carbocycles. The SMILES string of the molecule is N#CCC(O)Cc1nc(-c2cc3ccccc3o2)no1. The topological polar surface area (TPSA) is 96.1 Å². The van der Waals surface area contributed by atoms with E-state index in [0.717, 1.165) is 11.0 Å². The molecular weight excluding hydrogens is 258 g/mol. The summed E-state index contributed by atoms with van der Waals surface area (Å²) in [6.45, 7) is 0. The van der Waals surface area contributed by atoms with Gasteiger partial charge in [0.1, 0.15) is 5.58 Å². The Bertz CT molecular complexity index is 736. The molecule has 100 valence electrons. The zero-order valence-corrected chi connectivity index (χ0v) is 10.5. The van der Waals surface area contributed by atoms with Crippen molar-refractivity contribution in [1.82, 2.24) is 10.1 Å². The Morgan fingerprint density at radius 2 is 2.20 bits per heavy atom. The first kappa shape index (κ1) is 12.4. The van der Waals surface area contributed by atoms with Crippen molar-refractivity contribution < 1.29 is 14.0 Å². The summed E-state index contributed by atoms with van der Waals surface area (Å²) in [4.78, 5) is 4.16. The predicted octanol–water partition coefficient (Wildman–Crippen LogP) is 2.30. The number of aromatic nitrogens is 2. The van der Waals surface area contributed by atoms with Gasteiger partial charge in [-0.2, -0.15) is 10.2 Å². The Labute approximate surface area is 114 Å². The van der Waals surface area contributed by atoms with Crippen molar-refractivity contribution in [2.45, 2.75) is 18.9 Å². The lowest BCUT2D eigenvalue weighted by atomic mass is 10.2. The molecule has 0 amide bonds. The van der Waals surface area contributed by atoms with Crippen LogP contribution in [0.25, 0.3) is 22.6 Å². The highest BCUT2D eigenvalue weighted by molar-refractivity contribution is 5.81. The number of aliphatic hydroxyl groups excluding tert-OH is 1. The van der Waals surface area contributed by atoms with Crippen LogP contribution in [0.15, 0.2) is 39.3 Å². The summed E-state index contributed by atoms with van der Waals surface area (Å²) >= 11 is 0. The molecule has 0 saturated heterocycles. The number of nitriles is 1. The number of benzene rings is 1. The summed E-state index contributed by atoms with van der Waals surface area (Å²) in [5, 5.41) is 22.8. The Hall–Kier alpha value is -2.65. The summed E-state index contributed by atoms with van der Waals surface area (Å²) < 4.78 is 10.7. The third-order valence-electron chi connectivity index (χ3n) is 2.85. The van der Waals surface area contributed by atoms with Crippen molar-refractivity contribution in [3.05, 3.63) is 36.2 Å². The minimum Gasteiger partial charge on any atom is -0.453 e. The van der Waals surface area contributed by atoms with Crippen LogP contribution in [0.5, 0.6) is 0 Å². The van der Waals surface area contributed by atoms with Crippen molar-refractivity contribution >= 4 is 11.0 Å². The fourth-order valence-corrected chi connectivity index (χ4v) is 1.91. The van der Waals surface area contributed by atoms with Gasteiger partial charge in [-0.05, 0) is 12.1 Å². The van der Waals surface area contributed by atoms with Gasteiger partial charge in [-0.3, -0.25) is 0 Å². The third kappa shape index (κ3) is 2.39. The van der Waals surface area contributed by atoms with Crippen LogP contribution in [0, 0.1) is 11.3 Å². The van der Waals surface area contributed by atoms with Crippen LogP contribution < -0.4 is 0 Å². The van der Waals surface area contributed by atoms with E-state index in [0.29, 0.717) is 11.6 Å². The molecule has 20 heavy (non-hydrogen) atoms. The lowest BCUT2D eigenvalue weighted by Gasteiger charge is -1.99. The maximum absolute atomic E-state index is 9.52. The van der Waals surface area contributed by atoms with Crippen molar-refractivity contribution in [3.63, 3.8) is 0 Å². The highest BCUT2D eigenvalue weighted by Gasteiger charge is 2.15. The number of nitrogens with zero attached hydrogens (tertiary/aromatic N) is 3. The number of hydrogen-bond donors (Lipinski definition) is 1. The molecule has 1 N–H and O–H groups in total. The molecule has 0 fully saturated rings. The van der Waals surface area contributed by atoms with Gasteiger partial charge in [0.15, 0.2) is 5.76 Å². The Morgan fingerprint density at radius 3 is 3.00 bits per heavy atom. The molecular formula is C14H11N3O3. The van der Waals surface area contributed by atoms with Gasteiger partial charge in [0.05, 0.1) is 25.0 Å². The predicted molar refractivity (Wildman–Crippen MR) is 69.4 cm³/mol. The molecule has 0 aliphatic rings. The lowest BCUT2D eigenvalue weighted by Crippen LogP contribution is -2.09. The van der Waals surface area contributed by atoms with Gasteiger partial charge in [0.2, 0.25) is 11.7 Å². The van der Waals surface area contributed by atoms with Crippen LogP contribution in [0.3, 0.4) is 0 Å². The van der Waals surface area contributed by atoms with E-state index in [2.05, 4.69) is 10.1 Å². The lowest BCUT2D eigenvalue weighted by molar-refractivity contribution is 0.167. The van der Waals surface area contributed by atoms with Crippen molar-refractivity contribution in [2.24, 2.45) is 0 Å². The van der Waals surface area contributed by atoms with E-state index < -0.39 is 6.10 Å². The monoisotopic (exact) mass is 269 g/mol. The number of hydrogen-bond acceptors (Lipinski definition) is 6. The highest BCUT2D eigenvalue weighted by Crippen LogP contribution is 2.25. The normalized spacial score (nSPS) is 12.4.